The zero-order valence-electron chi connectivity index (χ0n) is 21.9. The Bertz CT molecular complexity index is 1320. The average molecular weight is 558 g/mol. The molecule has 3 aromatic rings. The molecule has 0 amide bonds. The number of halogens is 1. The summed E-state index contributed by atoms with van der Waals surface area (Å²) in [5, 5.41) is 6.54. The Labute approximate surface area is 231 Å². The quantitative estimate of drug-likeness (QED) is 0.367. The first-order valence-corrected chi connectivity index (χ1v) is 14.4. The van der Waals surface area contributed by atoms with E-state index in [2.05, 4.69) is 54.3 Å². The second-order valence-electron chi connectivity index (χ2n) is 9.94. The molecule has 1 saturated heterocycles. The molecular weight excluding hydrogens is 522 g/mol. The summed E-state index contributed by atoms with van der Waals surface area (Å²) in [4.78, 5) is 14.1. The van der Waals surface area contributed by atoms with E-state index in [1.54, 1.807) is 24.4 Å². The summed E-state index contributed by atoms with van der Waals surface area (Å²) in [6, 6.07) is 15.2. The summed E-state index contributed by atoms with van der Waals surface area (Å²) in [7, 11) is -1.42. The topological polar surface area (TPSA) is 102 Å². The summed E-state index contributed by atoms with van der Waals surface area (Å²) < 4.78 is 28.6. The van der Waals surface area contributed by atoms with Gasteiger partial charge >= 0.3 is 0 Å². The van der Waals surface area contributed by atoms with Gasteiger partial charge in [0, 0.05) is 61.0 Å². The number of sulfonamides is 1. The molecule has 0 atom stereocenters. The molecule has 0 unspecified atom stereocenters. The van der Waals surface area contributed by atoms with Crippen LogP contribution in [-0.2, 0) is 10.0 Å². The van der Waals surface area contributed by atoms with Gasteiger partial charge in [0.1, 0.15) is 5.82 Å². The lowest BCUT2D eigenvalue weighted by molar-refractivity contribution is 0.313. The number of nitrogens with one attached hydrogen (secondary N) is 3. The van der Waals surface area contributed by atoms with Gasteiger partial charge in [0.15, 0.2) is 0 Å². The molecule has 1 aliphatic heterocycles. The normalized spacial score (nSPS) is 16.7. The maximum absolute atomic E-state index is 12.9. The van der Waals surface area contributed by atoms with Crippen molar-refractivity contribution in [3.8, 4) is 0 Å². The molecule has 2 fully saturated rings. The van der Waals surface area contributed by atoms with Crippen molar-refractivity contribution in [2.24, 2.45) is 0 Å². The van der Waals surface area contributed by atoms with Crippen LogP contribution in [-0.4, -0.2) is 62.6 Å². The Kier molecular flexibility index (Phi) is 9.09. The Morgan fingerprint density at radius 1 is 0.921 bits per heavy atom. The van der Waals surface area contributed by atoms with Crippen molar-refractivity contribution in [3.63, 3.8) is 0 Å². The number of likely N-dealkylation sites (N-methyl/N-ethyl adjacent to an activating group) is 1. The molecule has 0 bridgehead atoms. The first kappa shape index (κ1) is 28.1. The molecule has 5 rings (SSSR count). The van der Waals surface area contributed by atoms with Crippen LogP contribution in [0.4, 0.5) is 28.8 Å². The van der Waals surface area contributed by atoms with Gasteiger partial charge in [-0.15, -0.1) is 12.4 Å². The maximum Gasteiger partial charge on any atom is 0.240 e. The van der Waals surface area contributed by atoms with E-state index in [9.17, 15) is 8.42 Å². The molecule has 2 heterocycles. The number of nitrogens with zero attached hydrogens (tertiary/aromatic N) is 4. The lowest BCUT2D eigenvalue weighted by Gasteiger charge is -2.34. The average Bonchev–Trinajstić information content (AvgIpc) is 3.40. The number of anilines is 5. The van der Waals surface area contributed by atoms with Crippen LogP contribution >= 0.6 is 12.4 Å². The van der Waals surface area contributed by atoms with Gasteiger partial charge in [-0.25, -0.2) is 18.1 Å². The summed E-state index contributed by atoms with van der Waals surface area (Å²) in [5.41, 5.74) is 3.62. The van der Waals surface area contributed by atoms with Gasteiger partial charge in [0.05, 0.1) is 4.90 Å². The Hall–Kier alpha value is -2.92. The molecule has 1 aromatic heterocycles. The number of aryl methyl sites for hydroxylation is 1. The number of hydrogen-bond donors (Lipinski definition) is 3. The number of rotatable bonds is 8. The van der Waals surface area contributed by atoms with E-state index < -0.39 is 10.0 Å². The van der Waals surface area contributed by atoms with Gasteiger partial charge in [-0.2, -0.15) is 4.98 Å². The van der Waals surface area contributed by atoms with E-state index in [1.807, 2.05) is 25.1 Å². The molecule has 204 valence electrons. The van der Waals surface area contributed by atoms with Gasteiger partial charge in [0.25, 0.3) is 0 Å². The lowest BCUT2D eigenvalue weighted by Crippen LogP contribution is -2.44. The van der Waals surface area contributed by atoms with Crippen molar-refractivity contribution < 1.29 is 8.42 Å². The van der Waals surface area contributed by atoms with Gasteiger partial charge in [-0.3, -0.25) is 0 Å². The van der Waals surface area contributed by atoms with Crippen LogP contribution in [0.25, 0.3) is 0 Å². The highest BCUT2D eigenvalue weighted by Crippen LogP contribution is 2.25. The minimum Gasteiger partial charge on any atom is -0.369 e. The fourth-order valence-corrected chi connectivity index (χ4v) is 6.14. The fourth-order valence-electron chi connectivity index (χ4n) is 4.79. The molecule has 0 spiro atoms. The molecule has 9 nitrogen and oxygen atoms in total. The number of hydrogen-bond acceptors (Lipinski definition) is 8. The molecule has 38 heavy (non-hydrogen) atoms. The minimum absolute atomic E-state index is 0. The smallest absolute Gasteiger partial charge is 0.240 e. The predicted octanol–water partition coefficient (Wildman–Crippen LogP) is 4.67. The molecule has 1 saturated carbocycles. The third-order valence-corrected chi connectivity index (χ3v) is 8.57. The third-order valence-electron chi connectivity index (χ3n) is 7.05. The second kappa shape index (κ2) is 12.3. The number of aromatic nitrogens is 2. The van der Waals surface area contributed by atoms with Crippen LogP contribution in [0.2, 0.25) is 0 Å². The third kappa shape index (κ3) is 6.93. The van der Waals surface area contributed by atoms with Crippen molar-refractivity contribution >= 4 is 51.3 Å². The van der Waals surface area contributed by atoms with Crippen molar-refractivity contribution in [3.05, 3.63) is 60.3 Å². The minimum atomic E-state index is -3.57. The molecule has 3 N–H and O–H groups in total. The fraction of sp³-hybridized carbons (Fsp3) is 0.407. The van der Waals surface area contributed by atoms with E-state index >= 15 is 0 Å². The summed E-state index contributed by atoms with van der Waals surface area (Å²) in [6.45, 7) is 6.11. The zero-order valence-corrected chi connectivity index (χ0v) is 23.5. The second-order valence-corrected chi connectivity index (χ2v) is 11.7. The molecule has 2 aliphatic rings. The van der Waals surface area contributed by atoms with Crippen molar-refractivity contribution in [1.29, 1.82) is 0 Å². The predicted molar refractivity (Wildman–Crippen MR) is 156 cm³/mol. The van der Waals surface area contributed by atoms with Crippen molar-refractivity contribution in [2.45, 2.75) is 43.5 Å². The Balaban J connectivity index is 0.00000336. The van der Waals surface area contributed by atoms with Crippen LogP contribution in [0.3, 0.4) is 0 Å². The molecule has 0 radical (unpaired) electrons. The van der Waals surface area contributed by atoms with E-state index in [0.717, 1.165) is 63.1 Å². The SMILES string of the molecule is Cc1cnc(Nc2ccc(N3CCN(C)CC3)cc2)nc1Nc1cccc(S(=O)(=O)NC2CCCC2)c1.Cl. The van der Waals surface area contributed by atoms with Crippen LogP contribution < -0.4 is 20.3 Å². The zero-order chi connectivity index (χ0) is 25.8. The highest BCUT2D eigenvalue weighted by atomic mass is 35.5. The standard InChI is InChI=1S/C27H35N7O2S.ClH/c1-20-19-28-27(30-21-10-12-24(13-11-21)34-16-14-33(2)15-17-34)31-26(20)29-23-8-5-9-25(18-23)37(35,36)32-22-6-3-4-7-22;/h5,8-13,18-19,22,32H,3-4,6-7,14-17H2,1-2H3,(H2,28,29,30,31);1H. The van der Waals surface area contributed by atoms with E-state index in [0.29, 0.717) is 17.5 Å². The first-order valence-electron chi connectivity index (χ1n) is 12.9. The molecule has 2 aromatic carbocycles. The van der Waals surface area contributed by atoms with Gasteiger partial charge in [-0.1, -0.05) is 18.9 Å². The lowest BCUT2D eigenvalue weighted by atomic mass is 10.2. The van der Waals surface area contributed by atoms with Gasteiger partial charge < -0.3 is 20.4 Å². The van der Waals surface area contributed by atoms with E-state index in [1.165, 1.54) is 5.69 Å². The highest BCUT2D eigenvalue weighted by Gasteiger charge is 2.23. The number of piperazine rings is 1. The highest BCUT2D eigenvalue weighted by molar-refractivity contribution is 7.89. The molecular formula is C27H36ClN7O2S. The Morgan fingerprint density at radius 2 is 1.63 bits per heavy atom. The van der Waals surface area contributed by atoms with Gasteiger partial charge in [-0.05, 0) is 69.3 Å². The first-order chi connectivity index (χ1) is 17.9. The number of benzene rings is 2. The summed E-state index contributed by atoms with van der Waals surface area (Å²) >= 11 is 0. The Morgan fingerprint density at radius 3 is 2.34 bits per heavy atom. The van der Waals surface area contributed by atoms with Crippen LogP contribution in [0, 0.1) is 6.92 Å². The summed E-state index contributed by atoms with van der Waals surface area (Å²) in [6.07, 6.45) is 5.67. The van der Waals surface area contributed by atoms with E-state index in [4.69, 9.17) is 0 Å². The van der Waals surface area contributed by atoms with Gasteiger partial charge in [0.2, 0.25) is 16.0 Å². The van der Waals surface area contributed by atoms with Crippen LogP contribution in [0.1, 0.15) is 31.2 Å². The monoisotopic (exact) mass is 557 g/mol. The van der Waals surface area contributed by atoms with Crippen LogP contribution in [0.15, 0.2) is 59.6 Å². The van der Waals surface area contributed by atoms with Crippen LogP contribution in [0.5, 0.6) is 0 Å². The van der Waals surface area contributed by atoms with Crippen molar-refractivity contribution in [2.75, 3.05) is 48.8 Å². The maximum atomic E-state index is 12.9. The molecule has 1 aliphatic carbocycles. The summed E-state index contributed by atoms with van der Waals surface area (Å²) in [5.74, 6) is 1.08. The van der Waals surface area contributed by atoms with E-state index in [-0.39, 0.29) is 23.3 Å². The largest absolute Gasteiger partial charge is 0.369 e. The van der Waals surface area contributed by atoms with Crippen molar-refractivity contribution in [1.82, 2.24) is 19.6 Å². The molecule has 11 heteroatoms.